The summed E-state index contributed by atoms with van der Waals surface area (Å²) in [4.78, 5) is 36.5. The first-order valence-electron chi connectivity index (χ1n) is 9.67. The maximum atomic E-state index is 12.8. The number of fused-ring (bicyclic) bond motifs is 2. The number of rotatable bonds is 3. The van der Waals surface area contributed by atoms with Crippen LogP contribution in [0.4, 0.5) is 10.5 Å². The van der Waals surface area contributed by atoms with Gasteiger partial charge in [-0.05, 0) is 62.1 Å². The maximum Gasteiger partial charge on any atom is 0.322 e. The van der Waals surface area contributed by atoms with Gasteiger partial charge in [-0.15, -0.1) is 12.4 Å². The molecule has 1 aliphatic heterocycles. The Morgan fingerprint density at radius 1 is 1.21 bits per heavy atom. The van der Waals surface area contributed by atoms with Gasteiger partial charge in [-0.1, -0.05) is 18.6 Å². The number of halogens is 1. The lowest BCUT2D eigenvalue weighted by Crippen LogP contribution is -2.48. The molecule has 0 radical (unpaired) electrons. The van der Waals surface area contributed by atoms with Gasteiger partial charge in [0.15, 0.2) is 0 Å². The van der Waals surface area contributed by atoms with E-state index in [4.69, 9.17) is 5.73 Å². The minimum absolute atomic E-state index is 0. The van der Waals surface area contributed by atoms with Crippen molar-refractivity contribution in [2.45, 2.75) is 50.6 Å². The van der Waals surface area contributed by atoms with Gasteiger partial charge in [-0.2, -0.15) is 0 Å². The number of nitrogens with two attached hydrogens (primary N) is 1. The van der Waals surface area contributed by atoms with Crippen molar-refractivity contribution in [3.05, 3.63) is 29.8 Å². The Balaban J connectivity index is 0.00000225. The van der Waals surface area contributed by atoms with Crippen molar-refractivity contribution in [1.29, 1.82) is 0 Å². The summed E-state index contributed by atoms with van der Waals surface area (Å²) in [6.07, 6.45) is 5.14. The van der Waals surface area contributed by atoms with Gasteiger partial charge >= 0.3 is 6.03 Å². The van der Waals surface area contributed by atoms with Gasteiger partial charge in [0.05, 0.1) is 0 Å². The first-order valence-corrected chi connectivity index (χ1v) is 9.67. The Morgan fingerprint density at radius 3 is 2.50 bits per heavy atom. The molecule has 2 bridgehead atoms. The minimum Gasteiger partial charge on any atom is -0.327 e. The molecule has 3 atom stereocenters. The minimum atomic E-state index is -1.13. The average molecular weight is 407 g/mol. The van der Waals surface area contributed by atoms with Crippen molar-refractivity contribution < 1.29 is 14.4 Å². The molecule has 28 heavy (non-hydrogen) atoms. The monoisotopic (exact) mass is 406 g/mol. The normalized spacial score (nSPS) is 34.1. The number of amides is 4. The third-order valence-electron chi connectivity index (χ3n) is 6.54. The van der Waals surface area contributed by atoms with Gasteiger partial charge in [0.25, 0.3) is 5.91 Å². The number of carbonyl (C=O) groups is 3. The first kappa shape index (κ1) is 20.6. The van der Waals surface area contributed by atoms with Crippen LogP contribution in [-0.2, 0) is 15.1 Å². The van der Waals surface area contributed by atoms with Crippen molar-refractivity contribution in [2.75, 3.05) is 5.32 Å². The summed E-state index contributed by atoms with van der Waals surface area (Å²) in [5, 5.41) is 7.90. The fraction of sp³-hybridized carbons (Fsp3) is 0.550. The molecule has 8 heteroatoms. The molecule has 1 saturated heterocycles. The molecule has 152 valence electrons. The van der Waals surface area contributed by atoms with E-state index < -0.39 is 17.5 Å². The largest absolute Gasteiger partial charge is 0.327 e. The van der Waals surface area contributed by atoms with E-state index in [1.807, 2.05) is 0 Å². The van der Waals surface area contributed by atoms with Crippen molar-refractivity contribution in [3.63, 3.8) is 0 Å². The Labute approximate surface area is 170 Å². The van der Waals surface area contributed by atoms with Crippen LogP contribution in [0.1, 0.15) is 44.6 Å². The van der Waals surface area contributed by atoms with Gasteiger partial charge < -0.3 is 16.4 Å². The number of hydrogen-bond acceptors (Lipinski definition) is 4. The van der Waals surface area contributed by atoms with E-state index in [1.165, 1.54) is 6.42 Å². The highest BCUT2D eigenvalue weighted by molar-refractivity contribution is 6.07. The summed E-state index contributed by atoms with van der Waals surface area (Å²) in [7, 11) is 0. The van der Waals surface area contributed by atoms with E-state index in [2.05, 4.69) is 16.0 Å². The van der Waals surface area contributed by atoms with Gasteiger partial charge in [0, 0.05) is 17.6 Å². The molecule has 7 nitrogen and oxygen atoms in total. The molecular formula is C20H27ClN4O3. The molecule has 1 heterocycles. The van der Waals surface area contributed by atoms with Crippen molar-refractivity contribution >= 4 is 35.9 Å². The van der Waals surface area contributed by atoms with Crippen molar-refractivity contribution in [2.24, 2.45) is 23.5 Å². The average Bonchev–Trinajstić information content (AvgIpc) is 2.88. The van der Waals surface area contributed by atoms with Crippen LogP contribution >= 0.6 is 12.4 Å². The van der Waals surface area contributed by atoms with E-state index in [0.717, 1.165) is 25.7 Å². The number of hydrogen-bond donors (Lipinski definition) is 4. The first-order chi connectivity index (χ1) is 12.9. The Hall–Kier alpha value is -2.12. The Bertz CT molecular complexity index is 787. The lowest BCUT2D eigenvalue weighted by Gasteiger charge is -2.43. The molecule has 2 aliphatic carbocycles. The van der Waals surface area contributed by atoms with Crippen LogP contribution < -0.4 is 21.7 Å². The third-order valence-corrected chi connectivity index (χ3v) is 6.54. The molecule has 3 unspecified atom stereocenters. The van der Waals surface area contributed by atoms with Crippen LogP contribution in [0.25, 0.3) is 0 Å². The number of nitrogens with one attached hydrogen (secondary N) is 3. The quantitative estimate of drug-likeness (QED) is 0.576. The van der Waals surface area contributed by atoms with Gasteiger partial charge in [-0.25, -0.2) is 4.79 Å². The number of anilines is 1. The van der Waals surface area contributed by atoms with Crippen LogP contribution in [0.5, 0.6) is 0 Å². The van der Waals surface area contributed by atoms with Gasteiger partial charge in [0.2, 0.25) is 5.91 Å². The van der Waals surface area contributed by atoms with E-state index in [0.29, 0.717) is 23.1 Å². The molecule has 4 amide bonds. The molecule has 3 aliphatic rings. The summed E-state index contributed by atoms with van der Waals surface area (Å²) in [6, 6.07) is 6.81. The topological polar surface area (TPSA) is 113 Å². The fourth-order valence-corrected chi connectivity index (χ4v) is 4.90. The third kappa shape index (κ3) is 3.61. The smallest absolute Gasteiger partial charge is 0.322 e. The van der Waals surface area contributed by atoms with E-state index >= 15 is 0 Å². The molecular weight excluding hydrogens is 380 g/mol. The SMILES string of the molecule is CC1(c2cccc(NC(=O)C3CC4CCCC(C3)C4N)c2)NC(=O)NC1=O.Cl. The van der Waals surface area contributed by atoms with Crippen molar-refractivity contribution in [1.82, 2.24) is 10.6 Å². The molecule has 1 aromatic rings. The number of imide groups is 1. The predicted octanol–water partition coefficient (Wildman–Crippen LogP) is 2.26. The molecule has 3 fully saturated rings. The maximum absolute atomic E-state index is 12.8. The number of urea groups is 1. The van der Waals surface area contributed by atoms with Gasteiger partial charge in [-0.3, -0.25) is 14.9 Å². The molecule has 1 aromatic carbocycles. The second-order valence-electron chi connectivity index (χ2n) is 8.30. The highest BCUT2D eigenvalue weighted by Gasteiger charge is 2.44. The highest BCUT2D eigenvalue weighted by Crippen LogP contribution is 2.42. The summed E-state index contributed by atoms with van der Waals surface area (Å²) >= 11 is 0. The van der Waals surface area contributed by atoms with E-state index in [-0.39, 0.29) is 30.3 Å². The van der Waals surface area contributed by atoms with E-state index in [9.17, 15) is 14.4 Å². The molecule has 2 saturated carbocycles. The molecule has 0 aromatic heterocycles. The molecule has 4 rings (SSSR count). The summed E-state index contributed by atoms with van der Waals surface area (Å²) in [5.41, 5.74) is 6.45. The Morgan fingerprint density at radius 2 is 1.89 bits per heavy atom. The van der Waals surface area contributed by atoms with E-state index in [1.54, 1.807) is 31.2 Å². The zero-order chi connectivity index (χ0) is 19.2. The lowest BCUT2D eigenvalue weighted by atomic mass is 9.65. The van der Waals surface area contributed by atoms with Crippen LogP contribution in [0, 0.1) is 17.8 Å². The Kier molecular flexibility index (Phi) is 5.68. The fourth-order valence-electron chi connectivity index (χ4n) is 4.90. The standard InChI is InChI=1S/C20H26N4O3.ClH/c1-20(18(26)23-19(27)24-20)14-6-3-7-15(10-14)22-17(25)13-8-11-4-2-5-12(9-13)16(11)21;/h3,6-7,10-13,16H,2,4-5,8-9,21H2,1H3,(H,22,25)(H2,23,24,26,27);1H. The van der Waals surface area contributed by atoms with Crippen LogP contribution in [0.2, 0.25) is 0 Å². The predicted molar refractivity (Wildman–Crippen MR) is 108 cm³/mol. The van der Waals surface area contributed by atoms with Crippen molar-refractivity contribution in [3.8, 4) is 0 Å². The summed E-state index contributed by atoms with van der Waals surface area (Å²) in [5.74, 6) is 0.478. The number of carbonyl (C=O) groups excluding carboxylic acids is 3. The summed E-state index contributed by atoms with van der Waals surface area (Å²) in [6.45, 7) is 1.65. The number of benzene rings is 1. The zero-order valence-electron chi connectivity index (χ0n) is 15.9. The van der Waals surface area contributed by atoms with Crippen LogP contribution in [-0.4, -0.2) is 23.9 Å². The second-order valence-corrected chi connectivity index (χ2v) is 8.30. The summed E-state index contributed by atoms with van der Waals surface area (Å²) < 4.78 is 0. The molecule has 5 N–H and O–H groups in total. The highest BCUT2D eigenvalue weighted by atomic mass is 35.5. The van der Waals surface area contributed by atoms with Gasteiger partial charge in [0.1, 0.15) is 5.54 Å². The lowest BCUT2D eigenvalue weighted by molar-refractivity contribution is -0.124. The van der Waals surface area contributed by atoms with Crippen LogP contribution in [0.15, 0.2) is 24.3 Å². The molecule has 0 spiro atoms. The van der Waals surface area contributed by atoms with Crippen LogP contribution in [0.3, 0.4) is 0 Å². The zero-order valence-corrected chi connectivity index (χ0v) is 16.7. The second kappa shape index (κ2) is 7.72.